The monoisotopic (exact) mass is 551 g/mol. The van der Waals surface area contributed by atoms with Crippen molar-refractivity contribution < 1.29 is 14.4 Å². The lowest BCUT2D eigenvalue weighted by atomic mass is 10.1. The van der Waals surface area contributed by atoms with Crippen LogP contribution in [-0.4, -0.2) is 68.6 Å². The average Bonchev–Trinajstić information content (AvgIpc) is 3.76. The van der Waals surface area contributed by atoms with Crippen LogP contribution in [0.2, 0.25) is 0 Å². The fraction of sp³-hybridized carbons (Fsp3) is 0.323. The summed E-state index contributed by atoms with van der Waals surface area (Å²) in [7, 11) is 0. The Morgan fingerprint density at radius 2 is 1.80 bits per heavy atom. The van der Waals surface area contributed by atoms with Crippen LogP contribution < -0.4 is 5.73 Å². The van der Waals surface area contributed by atoms with Crippen LogP contribution in [0.25, 0.3) is 11.0 Å². The van der Waals surface area contributed by atoms with E-state index in [1.165, 1.54) is 5.56 Å². The fourth-order valence-corrected chi connectivity index (χ4v) is 5.13. The Balaban J connectivity index is 1.05. The van der Waals surface area contributed by atoms with Gasteiger partial charge in [0.15, 0.2) is 0 Å². The number of carbonyl (C=O) groups excluding carboxylic acids is 2. The highest BCUT2D eigenvalue weighted by Crippen LogP contribution is 2.31. The van der Waals surface area contributed by atoms with Gasteiger partial charge in [0.1, 0.15) is 11.7 Å². The number of oxime groups is 1. The van der Waals surface area contributed by atoms with E-state index in [2.05, 4.69) is 31.1 Å². The summed E-state index contributed by atoms with van der Waals surface area (Å²) in [5.41, 5.74) is 10.8. The highest BCUT2D eigenvalue weighted by atomic mass is 16.7. The maximum Gasteiger partial charge on any atom is 0.365 e. The normalized spacial score (nSPS) is 16.2. The summed E-state index contributed by atoms with van der Waals surface area (Å²) < 4.78 is 0. The van der Waals surface area contributed by atoms with Crippen molar-refractivity contribution in [3.05, 3.63) is 95.1 Å². The molecule has 3 N–H and O–H groups in total. The molecule has 2 aliphatic rings. The highest BCUT2D eigenvalue weighted by molar-refractivity contribution is 5.94. The first kappa shape index (κ1) is 26.6. The molecule has 210 valence electrons. The number of carbonyl (C=O) groups is 2. The maximum absolute atomic E-state index is 12.6. The van der Waals surface area contributed by atoms with Gasteiger partial charge in [-0.3, -0.25) is 14.7 Å². The minimum atomic E-state index is -0.592. The summed E-state index contributed by atoms with van der Waals surface area (Å²) in [5, 5.41) is 3.80. The third kappa shape index (κ3) is 6.78. The average molecular weight is 552 g/mol. The Bertz CT molecular complexity index is 1570. The number of H-pyrrole nitrogens is 1. The molecule has 2 aromatic carbocycles. The lowest BCUT2D eigenvalue weighted by molar-refractivity contribution is -0.134. The second kappa shape index (κ2) is 11.9. The van der Waals surface area contributed by atoms with E-state index in [-0.39, 0.29) is 11.8 Å². The number of amidine groups is 1. The first-order valence-electron chi connectivity index (χ1n) is 14.0. The first-order valence-corrected chi connectivity index (χ1v) is 14.0. The molecule has 41 heavy (non-hydrogen) atoms. The van der Waals surface area contributed by atoms with Crippen molar-refractivity contribution in [2.75, 3.05) is 26.2 Å². The van der Waals surface area contributed by atoms with Crippen LogP contribution in [0.4, 0.5) is 0 Å². The molecule has 1 aliphatic carbocycles. The van der Waals surface area contributed by atoms with Crippen LogP contribution in [-0.2, 0) is 29.0 Å². The second-order valence-electron chi connectivity index (χ2n) is 10.7. The Hall–Kier alpha value is -4.57. The van der Waals surface area contributed by atoms with Crippen LogP contribution in [0, 0.1) is 5.92 Å². The molecule has 2 fully saturated rings. The summed E-state index contributed by atoms with van der Waals surface area (Å²) >= 11 is 0. The van der Waals surface area contributed by atoms with Crippen LogP contribution >= 0.6 is 0 Å². The van der Waals surface area contributed by atoms with E-state index in [0.29, 0.717) is 24.3 Å². The zero-order valence-electron chi connectivity index (χ0n) is 22.8. The van der Waals surface area contributed by atoms with Crippen molar-refractivity contribution in [1.82, 2.24) is 24.8 Å². The molecule has 3 heterocycles. The molecule has 10 heteroatoms. The molecule has 0 radical (unpaired) electrons. The smallest absolute Gasteiger partial charge is 0.365 e. The number of pyridine rings is 1. The number of rotatable bonds is 9. The quantitative estimate of drug-likeness (QED) is 0.141. The zero-order valence-corrected chi connectivity index (χ0v) is 22.8. The molecule has 1 saturated carbocycles. The first-order chi connectivity index (χ1) is 20.0. The van der Waals surface area contributed by atoms with E-state index in [9.17, 15) is 9.59 Å². The van der Waals surface area contributed by atoms with E-state index < -0.39 is 5.97 Å². The van der Waals surface area contributed by atoms with Gasteiger partial charge in [-0.1, -0.05) is 35.5 Å². The summed E-state index contributed by atoms with van der Waals surface area (Å²) in [5.74, 6) is 1.00. The Morgan fingerprint density at radius 1 is 1.00 bits per heavy atom. The molecule has 1 saturated heterocycles. The number of nitrogens with one attached hydrogen (secondary N) is 1. The van der Waals surface area contributed by atoms with E-state index in [4.69, 9.17) is 10.6 Å². The molecule has 1 amide bonds. The van der Waals surface area contributed by atoms with Gasteiger partial charge in [-0.05, 0) is 54.3 Å². The van der Waals surface area contributed by atoms with Crippen molar-refractivity contribution in [2.45, 2.75) is 32.2 Å². The minimum Gasteiger partial charge on any atom is -0.384 e. The number of piperazine rings is 1. The van der Waals surface area contributed by atoms with Gasteiger partial charge in [-0.15, -0.1) is 0 Å². The summed E-state index contributed by atoms with van der Waals surface area (Å²) in [4.78, 5) is 46.9. The van der Waals surface area contributed by atoms with Gasteiger partial charge in [0, 0.05) is 63.4 Å². The fourth-order valence-electron chi connectivity index (χ4n) is 5.13. The molecule has 0 spiro atoms. The van der Waals surface area contributed by atoms with Gasteiger partial charge in [0.2, 0.25) is 5.91 Å². The van der Waals surface area contributed by atoms with Crippen molar-refractivity contribution in [2.24, 2.45) is 16.8 Å². The largest absolute Gasteiger partial charge is 0.384 e. The molecule has 10 nitrogen and oxygen atoms in total. The number of nitrogens with zero attached hydrogens (tertiary/aromatic N) is 5. The van der Waals surface area contributed by atoms with Gasteiger partial charge < -0.3 is 20.5 Å². The predicted molar refractivity (Wildman–Crippen MR) is 155 cm³/mol. The predicted octanol–water partition coefficient (Wildman–Crippen LogP) is 3.27. The number of benzene rings is 2. The summed E-state index contributed by atoms with van der Waals surface area (Å²) in [6, 6.07) is 18.9. The highest BCUT2D eigenvalue weighted by Gasteiger charge is 2.34. The van der Waals surface area contributed by atoms with Crippen LogP contribution in [0.15, 0.2) is 72.0 Å². The molecule has 0 unspecified atom stereocenters. The Labute approximate surface area is 238 Å². The van der Waals surface area contributed by atoms with Crippen molar-refractivity contribution >= 4 is 28.7 Å². The number of amides is 1. The van der Waals surface area contributed by atoms with Crippen LogP contribution in [0.3, 0.4) is 0 Å². The number of hydrogen-bond acceptors (Lipinski definition) is 7. The second-order valence-corrected chi connectivity index (χ2v) is 10.7. The molecule has 4 aromatic rings. The molecule has 1 aliphatic heterocycles. The van der Waals surface area contributed by atoms with Gasteiger partial charge in [-0.25, -0.2) is 9.78 Å². The molecular weight excluding hydrogens is 518 g/mol. The number of imidazole rings is 1. The molecule has 0 bridgehead atoms. The molecular formula is C31H33N7O3. The maximum atomic E-state index is 12.6. The summed E-state index contributed by atoms with van der Waals surface area (Å²) in [6.07, 6.45) is 4.87. The van der Waals surface area contributed by atoms with Gasteiger partial charge in [-0.2, -0.15) is 0 Å². The number of fused-ring (bicyclic) bond motifs is 1. The topological polar surface area (TPSA) is 130 Å². The van der Waals surface area contributed by atoms with E-state index >= 15 is 0 Å². The number of aromatic nitrogens is 3. The lowest BCUT2D eigenvalue weighted by Crippen LogP contribution is -2.48. The Morgan fingerprint density at radius 3 is 2.59 bits per heavy atom. The SMILES string of the molecule is NC(Cc1ccccc1)=NOC(=O)c1ccc2nc(Cc3cc(CN4CCN(C(=O)C5CC5)CC4)ccn3)[nH]c2c1. The number of aromatic amines is 1. The lowest BCUT2D eigenvalue weighted by Gasteiger charge is -2.35. The third-order valence-corrected chi connectivity index (χ3v) is 7.49. The minimum absolute atomic E-state index is 0.218. The molecule has 2 aromatic heterocycles. The van der Waals surface area contributed by atoms with Crippen molar-refractivity contribution in [3.8, 4) is 0 Å². The molecule has 6 rings (SSSR count). The molecule has 0 atom stereocenters. The van der Waals surface area contributed by atoms with Gasteiger partial charge in [0.05, 0.1) is 16.6 Å². The number of nitrogens with two attached hydrogens (primary N) is 1. The van der Waals surface area contributed by atoms with E-state index in [1.54, 1.807) is 18.2 Å². The number of hydrogen-bond donors (Lipinski definition) is 2. The standard InChI is InChI=1S/C31H33N7O3/c32-28(17-21-4-2-1-3-5-21)36-41-31(40)24-8-9-26-27(18-24)35-29(34-26)19-25-16-22(10-11-33-25)20-37-12-14-38(15-13-37)30(39)23-6-7-23/h1-5,8-11,16,18,23H,6-7,12-15,17,19-20H2,(H2,32,36)(H,34,35). The summed E-state index contributed by atoms with van der Waals surface area (Å²) in [6.45, 7) is 4.19. The van der Waals surface area contributed by atoms with Gasteiger partial charge >= 0.3 is 5.97 Å². The third-order valence-electron chi connectivity index (χ3n) is 7.49. The van der Waals surface area contributed by atoms with E-state index in [1.807, 2.05) is 47.5 Å². The van der Waals surface area contributed by atoms with Crippen molar-refractivity contribution in [3.63, 3.8) is 0 Å². The zero-order chi connectivity index (χ0) is 28.2. The Kier molecular flexibility index (Phi) is 7.73. The van der Waals surface area contributed by atoms with Crippen molar-refractivity contribution in [1.29, 1.82) is 0 Å². The van der Waals surface area contributed by atoms with E-state index in [0.717, 1.165) is 73.7 Å². The van der Waals surface area contributed by atoms with Crippen LogP contribution in [0.1, 0.15) is 45.8 Å². The van der Waals surface area contributed by atoms with Gasteiger partial charge in [0.25, 0.3) is 0 Å². The van der Waals surface area contributed by atoms with Crippen LogP contribution in [0.5, 0.6) is 0 Å².